The third-order valence-electron chi connectivity index (χ3n) is 6.13. The molecule has 2 atom stereocenters. The zero-order chi connectivity index (χ0) is 25.8. The van der Waals surface area contributed by atoms with Gasteiger partial charge >= 0.3 is 16.2 Å². The predicted molar refractivity (Wildman–Crippen MR) is 135 cm³/mol. The number of carbonyl (C=O) groups is 2. The van der Waals surface area contributed by atoms with Crippen molar-refractivity contribution in [1.82, 2.24) is 8.61 Å². The monoisotopic (exact) mass is 500 g/mol. The largest absolute Gasteiger partial charge is 0.443 e. The molecule has 0 aliphatic carbocycles. The molecule has 0 bridgehead atoms. The van der Waals surface area contributed by atoms with Crippen LogP contribution in [0.25, 0.3) is 0 Å². The van der Waals surface area contributed by atoms with Gasteiger partial charge in [0.05, 0.1) is 5.92 Å². The Morgan fingerprint density at radius 3 is 2.11 bits per heavy atom. The van der Waals surface area contributed by atoms with Gasteiger partial charge in [0.2, 0.25) is 0 Å². The third kappa shape index (κ3) is 6.49. The van der Waals surface area contributed by atoms with Crippen molar-refractivity contribution in [3.8, 4) is 0 Å². The average molecular weight is 501 g/mol. The highest BCUT2D eigenvalue weighted by Crippen LogP contribution is 2.30. The fraction of sp³-hybridized carbons (Fsp3) is 0.481. The van der Waals surface area contributed by atoms with Gasteiger partial charge < -0.3 is 4.74 Å². The Morgan fingerprint density at radius 2 is 1.54 bits per heavy atom. The topological polar surface area (TPSA) is 84.0 Å². The smallest absolute Gasteiger partial charge is 0.314 e. The van der Waals surface area contributed by atoms with Crippen LogP contribution >= 0.6 is 0 Å². The first-order valence-corrected chi connectivity index (χ1v) is 13.5. The Balaban J connectivity index is 1.72. The van der Waals surface area contributed by atoms with E-state index in [9.17, 15) is 18.0 Å². The van der Waals surface area contributed by atoms with Crippen molar-refractivity contribution in [3.63, 3.8) is 0 Å². The number of esters is 1. The van der Waals surface area contributed by atoms with Crippen molar-refractivity contribution in [2.45, 2.75) is 66.0 Å². The Hall–Kier alpha value is -2.71. The van der Waals surface area contributed by atoms with E-state index in [0.29, 0.717) is 16.6 Å². The molecule has 2 aromatic carbocycles. The molecule has 1 saturated heterocycles. The number of nitrogens with zero attached hydrogens (tertiary/aromatic N) is 2. The molecule has 1 aliphatic heterocycles. The van der Waals surface area contributed by atoms with Gasteiger partial charge in [0, 0.05) is 6.54 Å². The van der Waals surface area contributed by atoms with Gasteiger partial charge in [-0.15, -0.1) is 0 Å². The maximum absolute atomic E-state index is 13.3. The number of benzene rings is 2. The second kappa shape index (κ2) is 11.4. The molecular formula is C27H36N2O5S. The van der Waals surface area contributed by atoms with Crippen molar-refractivity contribution >= 4 is 22.1 Å². The van der Waals surface area contributed by atoms with Crippen LogP contribution in [0.4, 0.5) is 0 Å². The lowest BCUT2D eigenvalue weighted by Gasteiger charge is -2.22. The van der Waals surface area contributed by atoms with Gasteiger partial charge in [-0.2, -0.15) is 17.0 Å². The Labute approximate surface area is 209 Å². The summed E-state index contributed by atoms with van der Waals surface area (Å²) in [6, 6.07) is 16.1. The number of ether oxygens (including phenoxy) is 1. The lowest BCUT2D eigenvalue weighted by molar-refractivity contribution is -0.150. The molecule has 1 aliphatic rings. The summed E-state index contributed by atoms with van der Waals surface area (Å²) in [6.45, 7) is 9.34. The van der Waals surface area contributed by atoms with E-state index in [2.05, 4.69) is 13.8 Å². The van der Waals surface area contributed by atoms with E-state index in [4.69, 9.17) is 4.74 Å². The third-order valence-corrected chi connectivity index (χ3v) is 7.95. The Bertz CT molecular complexity index is 1110. The molecule has 190 valence electrons. The molecule has 0 spiro atoms. The van der Waals surface area contributed by atoms with Crippen LogP contribution in [0.3, 0.4) is 0 Å². The van der Waals surface area contributed by atoms with Gasteiger partial charge in [0.1, 0.15) is 6.04 Å². The fourth-order valence-corrected chi connectivity index (χ4v) is 5.84. The first kappa shape index (κ1) is 26.9. The van der Waals surface area contributed by atoms with Gasteiger partial charge in [-0.3, -0.25) is 9.59 Å². The van der Waals surface area contributed by atoms with Crippen molar-refractivity contribution in [2.24, 2.45) is 11.8 Å². The Kier molecular flexibility index (Phi) is 8.72. The van der Waals surface area contributed by atoms with Crippen molar-refractivity contribution < 1.29 is 22.7 Å². The SMILES string of the molecule is CC(C)Cc1ccc(C(C)C(=O)OCN2C(=O)[C@H](CC(C)C)N(Cc3ccccc3)S2(=O)=O)cc1. The van der Waals surface area contributed by atoms with Crippen LogP contribution in [0.1, 0.15) is 63.6 Å². The molecule has 3 rings (SSSR count). The van der Waals surface area contributed by atoms with E-state index in [1.54, 1.807) is 6.92 Å². The fourth-order valence-electron chi connectivity index (χ4n) is 4.24. The van der Waals surface area contributed by atoms with Crippen LogP contribution in [0, 0.1) is 11.8 Å². The van der Waals surface area contributed by atoms with E-state index >= 15 is 0 Å². The first-order valence-electron chi connectivity index (χ1n) is 12.1. The molecule has 0 saturated carbocycles. The maximum atomic E-state index is 13.3. The summed E-state index contributed by atoms with van der Waals surface area (Å²) in [7, 11) is -4.13. The van der Waals surface area contributed by atoms with Crippen LogP contribution in [0.2, 0.25) is 0 Å². The Morgan fingerprint density at radius 1 is 0.914 bits per heavy atom. The lowest BCUT2D eigenvalue weighted by atomic mass is 9.97. The number of amides is 1. The van der Waals surface area contributed by atoms with Crippen molar-refractivity contribution in [3.05, 3.63) is 71.3 Å². The molecule has 0 aromatic heterocycles. The summed E-state index contributed by atoms with van der Waals surface area (Å²) in [6.07, 6.45) is 1.33. The second-order valence-corrected chi connectivity index (χ2v) is 11.8. The highest BCUT2D eigenvalue weighted by molar-refractivity contribution is 7.87. The van der Waals surface area contributed by atoms with Gasteiger partial charge in [0.25, 0.3) is 5.91 Å². The normalized spacial score (nSPS) is 18.9. The number of carbonyl (C=O) groups excluding carboxylic acids is 2. The number of hydrogen-bond donors (Lipinski definition) is 0. The summed E-state index contributed by atoms with van der Waals surface area (Å²) >= 11 is 0. The van der Waals surface area contributed by atoms with Crippen LogP contribution in [0.15, 0.2) is 54.6 Å². The summed E-state index contributed by atoms with van der Waals surface area (Å²) < 4.78 is 33.9. The van der Waals surface area contributed by atoms with Crippen LogP contribution in [-0.2, 0) is 37.5 Å². The molecule has 0 N–H and O–H groups in total. The minimum absolute atomic E-state index is 0.0792. The molecule has 1 amide bonds. The summed E-state index contributed by atoms with van der Waals surface area (Å²) in [5.74, 6) is -1.09. The molecule has 1 fully saturated rings. The highest BCUT2D eigenvalue weighted by Gasteiger charge is 2.50. The predicted octanol–water partition coefficient (Wildman–Crippen LogP) is 4.49. The molecule has 35 heavy (non-hydrogen) atoms. The molecule has 1 heterocycles. The van der Waals surface area contributed by atoms with Crippen LogP contribution in [0.5, 0.6) is 0 Å². The highest BCUT2D eigenvalue weighted by atomic mass is 32.2. The van der Waals surface area contributed by atoms with Crippen molar-refractivity contribution in [2.75, 3.05) is 6.73 Å². The van der Waals surface area contributed by atoms with Gasteiger partial charge in [-0.25, -0.2) is 0 Å². The number of rotatable bonds is 10. The molecular weight excluding hydrogens is 464 g/mol. The molecule has 1 unspecified atom stereocenters. The van der Waals surface area contributed by atoms with Gasteiger partial charge in [-0.05, 0) is 48.3 Å². The minimum atomic E-state index is -4.13. The first-order chi connectivity index (χ1) is 16.5. The maximum Gasteiger partial charge on any atom is 0.314 e. The minimum Gasteiger partial charge on any atom is -0.443 e. The summed E-state index contributed by atoms with van der Waals surface area (Å²) in [5, 5.41) is 0. The molecule has 8 heteroatoms. The quantitative estimate of drug-likeness (QED) is 0.449. The van der Waals surface area contributed by atoms with Gasteiger partial charge in [0.15, 0.2) is 6.73 Å². The summed E-state index contributed by atoms with van der Waals surface area (Å²) in [4.78, 5) is 25.9. The van der Waals surface area contributed by atoms with Crippen LogP contribution in [-0.4, -0.2) is 41.7 Å². The van der Waals surface area contributed by atoms with E-state index < -0.39 is 40.8 Å². The second-order valence-electron chi connectivity index (χ2n) is 10.0. The van der Waals surface area contributed by atoms with E-state index in [0.717, 1.165) is 17.5 Å². The lowest BCUT2D eigenvalue weighted by Crippen LogP contribution is -2.37. The molecule has 2 aromatic rings. The molecule has 0 radical (unpaired) electrons. The van der Waals surface area contributed by atoms with E-state index in [1.807, 2.05) is 68.4 Å². The average Bonchev–Trinajstić information content (AvgIpc) is 2.97. The van der Waals surface area contributed by atoms with Crippen molar-refractivity contribution in [1.29, 1.82) is 0 Å². The number of hydrogen-bond acceptors (Lipinski definition) is 5. The van der Waals surface area contributed by atoms with Crippen LogP contribution < -0.4 is 0 Å². The standard InChI is InChI=1S/C27H36N2O5S/c1-19(2)15-22-11-13-24(14-12-22)21(5)27(31)34-18-29-26(30)25(16-20(3)4)28(35(29,32)33)17-23-9-7-6-8-10-23/h6-14,19-21,25H,15-18H2,1-5H3/t21?,25-/m0/s1. The zero-order valence-electron chi connectivity index (χ0n) is 21.2. The zero-order valence-corrected chi connectivity index (χ0v) is 22.0. The van der Waals surface area contributed by atoms with E-state index in [-0.39, 0.29) is 12.5 Å². The summed E-state index contributed by atoms with van der Waals surface area (Å²) in [5.41, 5.74) is 2.75. The van der Waals surface area contributed by atoms with Gasteiger partial charge in [-0.1, -0.05) is 82.3 Å². The molecule has 7 nitrogen and oxygen atoms in total. The van der Waals surface area contributed by atoms with E-state index in [1.165, 1.54) is 9.87 Å².